The molecule has 0 unspecified atom stereocenters. The van der Waals surface area contributed by atoms with Crippen molar-refractivity contribution in [3.63, 3.8) is 0 Å². The van der Waals surface area contributed by atoms with Gasteiger partial charge in [0.15, 0.2) is 0 Å². The van der Waals surface area contributed by atoms with Gasteiger partial charge in [-0.3, -0.25) is 19.3 Å². The Balaban J connectivity index is 2.45. The molecular formula is C10H7N2O6+. The lowest BCUT2D eigenvalue weighted by Crippen LogP contribution is -2.34. The highest BCUT2D eigenvalue weighted by molar-refractivity contribution is 6.22. The Morgan fingerprint density at radius 3 is 2.39 bits per heavy atom. The van der Waals surface area contributed by atoms with Crippen molar-refractivity contribution in [2.24, 2.45) is 0 Å². The van der Waals surface area contributed by atoms with Crippen LogP contribution in [-0.2, 0) is 4.79 Å². The second-order valence-corrected chi connectivity index (χ2v) is 3.59. The third-order valence-electron chi connectivity index (χ3n) is 2.47. The van der Waals surface area contributed by atoms with E-state index in [4.69, 9.17) is 10.3 Å². The highest BCUT2D eigenvalue weighted by Gasteiger charge is 2.38. The van der Waals surface area contributed by atoms with E-state index in [1.54, 1.807) is 0 Å². The summed E-state index contributed by atoms with van der Waals surface area (Å²) in [5.41, 5.74) is -0.312. The van der Waals surface area contributed by atoms with Crippen LogP contribution in [0.1, 0.15) is 20.7 Å². The Labute approximate surface area is 99.6 Å². The summed E-state index contributed by atoms with van der Waals surface area (Å²) >= 11 is 0. The zero-order chi connectivity index (χ0) is 13.4. The second-order valence-electron chi connectivity index (χ2n) is 3.59. The van der Waals surface area contributed by atoms with Crippen molar-refractivity contribution in [1.82, 2.24) is 4.90 Å². The van der Waals surface area contributed by atoms with Crippen molar-refractivity contribution in [1.29, 1.82) is 0 Å². The number of carbonyl (C=O) groups excluding carboxylic acids is 2. The maximum absolute atomic E-state index is 11.8. The molecule has 8 heteroatoms. The molecule has 0 saturated heterocycles. The number of carboxylic acid groups (broad SMARTS) is 1. The third-order valence-corrected chi connectivity index (χ3v) is 2.47. The number of rotatable bonds is 3. The van der Waals surface area contributed by atoms with Crippen molar-refractivity contribution >= 4 is 23.5 Å². The van der Waals surface area contributed by atoms with Gasteiger partial charge in [0.1, 0.15) is 6.54 Å². The predicted molar refractivity (Wildman–Crippen MR) is 54.5 cm³/mol. The highest BCUT2D eigenvalue weighted by Crippen LogP contribution is 2.26. The summed E-state index contributed by atoms with van der Waals surface area (Å²) in [5.74, 6) is -2.86. The molecule has 92 valence electrons. The molecule has 2 rings (SSSR count). The van der Waals surface area contributed by atoms with Crippen molar-refractivity contribution in [2.75, 3.05) is 6.54 Å². The monoisotopic (exact) mass is 251 g/mol. The van der Waals surface area contributed by atoms with Gasteiger partial charge in [0.2, 0.25) is 0 Å². The van der Waals surface area contributed by atoms with Gasteiger partial charge in [-0.2, -0.15) is 0 Å². The molecule has 1 heterocycles. The molecule has 0 aliphatic carbocycles. The maximum Gasteiger partial charge on any atom is 0.323 e. The minimum atomic E-state index is -1.32. The van der Waals surface area contributed by atoms with Crippen molar-refractivity contribution in [2.45, 2.75) is 0 Å². The van der Waals surface area contributed by atoms with E-state index < -0.39 is 29.3 Å². The molecule has 0 fully saturated rings. The van der Waals surface area contributed by atoms with Crippen LogP contribution in [0.15, 0.2) is 18.2 Å². The first-order chi connectivity index (χ1) is 8.41. The minimum Gasteiger partial charge on any atom is -0.480 e. The second kappa shape index (κ2) is 3.91. The van der Waals surface area contributed by atoms with E-state index in [2.05, 4.69) is 0 Å². The molecule has 0 aromatic heterocycles. The van der Waals surface area contributed by atoms with Crippen LogP contribution in [0.4, 0.5) is 5.69 Å². The van der Waals surface area contributed by atoms with Crippen LogP contribution in [0.2, 0.25) is 0 Å². The smallest absolute Gasteiger partial charge is 0.323 e. The Kier molecular flexibility index (Phi) is 2.55. The van der Waals surface area contributed by atoms with Crippen LogP contribution in [0, 0.1) is 4.91 Å². The normalized spacial score (nSPS) is 13.7. The third kappa shape index (κ3) is 1.69. The quantitative estimate of drug-likeness (QED) is 0.584. The largest absolute Gasteiger partial charge is 0.480 e. The van der Waals surface area contributed by atoms with E-state index in [9.17, 15) is 19.3 Å². The van der Waals surface area contributed by atoms with E-state index in [1.807, 2.05) is 0 Å². The topological polar surface area (TPSA) is 115 Å². The number of nitrogens with zero attached hydrogens (tertiary/aromatic N) is 2. The molecule has 18 heavy (non-hydrogen) atoms. The maximum atomic E-state index is 11.8. The molecule has 1 aromatic carbocycles. The Morgan fingerprint density at radius 1 is 1.22 bits per heavy atom. The summed E-state index contributed by atoms with van der Waals surface area (Å²) in [6, 6.07) is 3.37. The van der Waals surface area contributed by atoms with Gasteiger partial charge in [-0.1, -0.05) is 0 Å². The number of benzene rings is 1. The van der Waals surface area contributed by atoms with E-state index >= 15 is 0 Å². The SMILES string of the molecule is O=C(O)CN1C(=O)c2ccc([N+](=O)O)cc2C1=O. The van der Waals surface area contributed by atoms with Gasteiger partial charge >= 0.3 is 11.7 Å². The van der Waals surface area contributed by atoms with Gasteiger partial charge in [0.25, 0.3) is 16.7 Å². The van der Waals surface area contributed by atoms with E-state index in [1.165, 1.54) is 6.07 Å². The first-order valence-corrected chi connectivity index (χ1v) is 4.80. The van der Waals surface area contributed by atoms with Gasteiger partial charge < -0.3 is 5.11 Å². The molecule has 8 nitrogen and oxygen atoms in total. The van der Waals surface area contributed by atoms with Crippen molar-refractivity contribution in [3.8, 4) is 0 Å². The molecule has 2 N–H and O–H groups in total. The summed E-state index contributed by atoms with van der Waals surface area (Å²) in [4.78, 5) is 44.8. The fraction of sp³-hybridized carbons (Fsp3) is 0.100. The lowest BCUT2D eigenvalue weighted by molar-refractivity contribution is -0.729. The number of fused-ring (bicyclic) bond motifs is 1. The summed E-state index contributed by atoms with van der Waals surface area (Å²) in [6.45, 7) is -0.748. The fourth-order valence-electron chi connectivity index (χ4n) is 1.68. The van der Waals surface area contributed by atoms with Crippen LogP contribution < -0.4 is 0 Å². The fourth-order valence-corrected chi connectivity index (χ4v) is 1.68. The average Bonchev–Trinajstić information content (AvgIpc) is 2.53. The molecule has 0 bridgehead atoms. The number of aliphatic carboxylic acids is 1. The standard InChI is InChI=1S/C10H6N2O6/c13-8(14)4-11-9(15)6-2-1-5(12(17)18)3-7(6)10(11)16/h1-3H,4H2,(H-,13,14,17,18)/p+1. The number of hydrogen-bond donors (Lipinski definition) is 2. The number of hydrogen-bond acceptors (Lipinski definition) is 4. The molecule has 0 spiro atoms. The van der Waals surface area contributed by atoms with Gasteiger partial charge in [-0.25, -0.2) is 5.21 Å². The van der Waals surface area contributed by atoms with Gasteiger partial charge in [0, 0.05) is 12.1 Å². The summed E-state index contributed by atoms with van der Waals surface area (Å²) in [6.07, 6.45) is 0. The van der Waals surface area contributed by atoms with Gasteiger partial charge in [0.05, 0.1) is 16.0 Å². The minimum absolute atomic E-state index is 0.00634. The number of imide groups is 1. The van der Waals surface area contributed by atoms with Crippen molar-refractivity contribution < 1.29 is 29.6 Å². The van der Waals surface area contributed by atoms with Crippen molar-refractivity contribution in [3.05, 3.63) is 34.2 Å². The summed E-state index contributed by atoms with van der Waals surface area (Å²) in [5, 5.41) is 17.3. The van der Waals surface area contributed by atoms with Crippen LogP contribution >= 0.6 is 0 Å². The zero-order valence-electron chi connectivity index (χ0n) is 8.86. The van der Waals surface area contributed by atoms with Crippen LogP contribution in [0.3, 0.4) is 0 Å². The molecule has 0 radical (unpaired) electrons. The number of carboxylic acids is 1. The molecule has 2 amide bonds. The van der Waals surface area contributed by atoms with E-state index in [-0.39, 0.29) is 16.8 Å². The Bertz CT molecular complexity index is 594. The lowest BCUT2D eigenvalue weighted by atomic mass is 10.1. The molecule has 1 aromatic rings. The van der Waals surface area contributed by atoms with Gasteiger partial charge in [-0.15, -0.1) is 0 Å². The van der Waals surface area contributed by atoms with Crippen LogP contribution in [-0.4, -0.2) is 44.5 Å². The van der Waals surface area contributed by atoms with E-state index in [0.717, 1.165) is 12.1 Å². The van der Waals surface area contributed by atoms with E-state index in [0.29, 0.717) is 4.90 Å². The lowest BCUT2D eigenvalue weighted by Gasteiger charge is -2.09. The first-order valence-electron chi connectivity index (χ1n) is 4.80. The van der Waals surface area contributed by atoms with Gasteiger partial charge in [-0.05, 0) is 6.07 Å². The first kappa shape index (κ1) is 11.7. The molecule has 0 atom stereocenters. The molecule has 0 saturated carbocycles. The summed E-state index contributed by atoms with van der Waals surface area (Å²) in [7, 11) is 0. The number of carbonyl (C=O) groups is 3. The average molecular weight is 251 g/mol. The van der Waals surface area contributed by atoms with Crippen LogP contribution in [0.5, 0.6) is 0 Å². The molecular weight excluding hydrogens is 244 g/mol. The highest BCUT2D eigenvalue weighted by atomic mass is 16.6. The Morgan fingerprint density at radius 2 is 1.83 bits per heavy atom. The Hall–Kier alpha value is -2.77. The predicted octanol–water partition coefficient (Wildman–Crippen LogP) is 0.167. The number of amides is 2. The zero-order valence-corrected chi connectivity index (χ0v) is 8.86. The molecule has 1 aliphatic rings. The summed E-state index contributed by atoms with van der Waals surface area (Å²) < 4.78 is 0. The molecule has 1 aliphatic heterocycles. The van der Waals surface area contributed by atoms with Crippen LogP contribution in [0.25, 0.3) is 0 Å².